The third-order valence-electron chi connectivity index (χ3n) is 2.64. The highest BCUT2D eigenvalue weighted by Gasteiger charge is 2.02. The summed E-state index contributed by atoms with van der Waals surface area (Å²) in [7, 11) is 0. The second-order valence-corrected chi connectivity index (χ2v) is 4.10. The van der Waals surface area contributed by atoms with Gasteiger partial charge in [0.2, 0.25) is 0 Å². The van der Waals surface area contributed by atoms with Crippen LogP contribution in [0.25, 0.3) is 0 Å². The van der Waals surface area contributed by atoms with Gasteiger partial charge in [0, 0.05) is 13.2 Å². The van der Waals surface area contributed by atoms with Gasteiger partial charge in [0.25, 0.3) is 0 Å². The fourth-order valence-electron chi connectivity index (χ4n) is 1.56. The number of aryl methyl sites for hydroxylation is 1. The average Bonchev–Trinajstić information content (AvgIpc) is 2.75. The zero-order valence-corrected chi connectivity index (χ0v) is 10.2. The highest BCUT2D eigenvalue weighted by atomic mass is 16.3. The lowest BCUT2D eigenvalue weighted by molar-refractivity contribution is 0.228. The molecule has 0 saturated heterocycles. The van der Waals surface area contributed by atoms with Crippen molar-refractivity contribution in [3.63, 3.8) is 0 Å². The molecule has 0 saturated carbocycles. The third kappa shape index (κ3) is 4.28. The van der Waals surface area contributed by atoms with Crippen molar-refractivity contribution in [1.82, 2.24) is 20.1 Å². The van der Waals surface area contributed by atoms with E-state index in [0.717, 1.165) is 38.3 Å². The highest BCUT2D eigenvalue weighted by molar-refractivity contribution is 4.83. The van der Waals surface area contributed by atoms with Crippen molar-refractivity contribution in [3.8, 4) is 0 Å². The smallest absolute Gasteiger partial charge is 0.140 e. The zero-order chi connectivity index (χ0) is 11.8. The number of hydrogen-bond donors (Lipinski definition) is 2. The van der Waals surface area contributed by atoms with Gasteiger partial charge in [-0.3, -0.25) is 0 Å². The average molecular weight is 226 g/mol. The summed E-state index contributed by atoms with van der Waals surface area (Å²) in [6, 6.07) is 0. The molecule has 5 heteroatoms. The fraction of sp³-hybridized carbons (Fsp3) is 0.818. The van der Waals surface area contributed by atoms with Crippen LogP contribution >= 0.6 is 0 Å². The molecule has 1 heterocycles. The second kappa shape index (κ2) is 7.35. The van der Waals surface area contributed by atoms with Gasteiger partial charge in [-0.25, -0.2) is 9.67 Å². The summed E-state index contributed by atoms with van der Waals surface area (Å²) < 4.78 is 1.89. The third-order valence-corrected chi connectivity index (χ3v) is 2.64. The lowest BCUT2D eigenvalue weighted by Crippen LogP contribution is -2.19. The molecule has 0 aliphatic rings. The van der Waals surface area contributed by atoms with Gasteiger partial charge in [-0.15, -0.1) is 0 Å². The van der Waals surface area contributed by atoms with Crippen LogP contribution in [0.4, 0.5) is 0 Å². The van der Waals surface area contributed by atoms with Gasteiger partial charge in [0.15, 0.2) is 0 Å². The van der Waals surface area contributed by atoms with Gasteiger partial charge in [-0.05, 0) is 32.2 Å². The molecular formula is C11H22N4O. The predicted octanol–water partition coefficient (Wildman–Crippen LogP) is 0.796. The Hall–Kier alpha value is -0.940. The Balaban J connectivity index is 2.11. The first kappa shape index (κ1) is 13.1. The largest absolute Gasteiger partial charge is 0.396 e. The zero-order valence-electron chi connectivity index (χ0n) is 10.2. The highest BCUT2D eigenvalue weighted by Crippen LogP contribution is 2.02. The van der Waals surface area contributed by atoms with E-state index in [1.165, 1.54) is 0 Å². The first-order valence-corrected chi connectivity index (χ1v) is 5.96. The van der Waals surface area contributed by atoms with Crippen molar-refractivity contribution in [2.45, 2.75) is 39.8 Å². The van der Waals surface area contributed by atoms with E-state index in [-0.39, 0.29) is 6.61 Å². The molecule has 0 aliphatic carbocycles. The van der Waals surface area contributed by atoms with E-state index in [9.17, 15) is 0 Å². The first-order chi connectivity index (χ1) is 7.77. The maximum absolute atomic E-state index is 8.87. The molecule has 0 spiro atoms. The molecule has 0 amide bonds. The van der Waals surface area contributed by atoms with E-state index in [4.69, 9.17) is 5.11 Å². The maximum atomic E-state index is 8.87. The Labute approximate surface area is 96.9 Å². The molecule has 1 unspecified atom stereocenters. The summed E-state index contributed by atoms with van der Waals surface area (Å²) in [6.07, 6.45) is 3.74. The Kier molecular flexibility index (Phi) is 6.03. The SMILES string of the molecule is CCn1ncnc1CNCCCC(C)CO. The van der Waals surface area contributed by atoms with E-state index >= 15 is 0 Å². The molecule has 0 fully saturated rings. The molecule has 16 heavy (non-hydrogen) atoms. The molecule has 1 rings (SSSR count). The van der Waals surface area contributed by atoms with Crippen molar-refractivity contribution in [2.24, 2.45) is 5.92 Å². The monoisotopic (exact) mass is 226 g/mol. The van der Waals surface area contributed by atoms with Crippen LogP contribution in [0.3, 0.4) is 0 Å². The van der Waals surface area contributed by atoms with E-state index in [1.807, 2.05) is 4.68 Å². The van der Waals surface area contributed by atoms with Crippen LogP contribution in [0.15, 0.2) is 6.33 Å². The number of hydrogen-bond acceptors (Lipinski definition) is 4. The van der Waals surface area contributed by atoms with Crippen LogP contribution in [0.1, 0.15) is 32.5 Å². The second-order valence-electron chi connectivity index (χ2n) is 4.10. The molecule has 0 aliphatic heterocycles. The van der Waals surface area contributed by atoms with Gasteiger partial charge < -0.3 is 10.4 Å². The Morgan fingerprint density at radius 3 is 3.06 bits per heavy atom. The summed E-state index contributed by atoms with van der Waals surface area (Å²) >= 11 is 0. The fourth-order valence-corrected chi connectivity index (χ4v) is 1.56. The van der Waals surface area contributed by atoms with Crippen LogP contribution in [-0.4, -0.2) is 33.0 Å². The van der Waals surface area contributed by atoms with Gasteiger partial charge in [-0.1, -0.05) is 6.92 Å². The predicted molar refractivity (Wildman–Crippen MR) is 62.9 cm³/mol. The maximum Gasteiger partial charge on any atom is 0.140 e. The summed E-state index contributed by atoms with van der Waals surface area (Å²) in [4.78, 5) is 4.19. The Morgan fingerprint density at radius 1 is 1.56 bits per heavy atom. The molecule has 0 aromatic carbocycles. The number of nitrogens with one attached hydrogen (secondary N) is 1. The quantitative estimate of drug-likeness (QED) is 0.643. The molecule has 2 N–H and O–H groups in total. The van der Waals surface area contributed by atoms with Gasteiger partial charge in [-0.2, -0.15) is 5.10 Å². The minimum absolute atomic E-state index is 0.282. The molecule has 5 nitrogen and oxygen atoms in total. The number of aliphatic hydroxyl groups is 1. The van der Waals surface area contributed by atoms with Crippen molar-refractivity contribution in [3.05, 3.63) is 12.2 Å². The van der Waals surface area contributed by atoms with E-state index in [1.54, 1.807) is 6.33 Å². The number of aliphatic hydroxyl groups excluding tert-OH is 1. The minimum atomic E-state index is 0.282. The summed E-state index contributed by atoms with van der Waals surface area (Å²) in [5, 5.41) is 16.3. The standard InChI is InChI=1S/C11H22N4O/c1-3-15-11(13-9-14-15)7-12-6-4-5-10(2)8-16/h9-10,12,16H,3-8H2,1-2H3. The van der Waals surface area contributed by atoms with Crippen molar-refractivity contribution in [1.29, 1.82) is 0 Å². The minimum Gasteiger partial charge on any atom is -0.396 e. The molecule has 0 radical (unpaired) electrons. The van der Waals surface area contributed by atoms with E-state index in [2.05, 4.69) is 29.2 Å². The summed E-state index contributed by atoms with van der Waals surface area (Å²) in [6.45, 7) is 6.99. The topological polar surface area (TPSA) is 63.0 Å². The molecular weight excluding hydrogens is 204 g/mol. The van der Waals surface area contributed by atoms with E-state index in [0.29, 0.717) is 5.92 Å². The molecule has 1 atom stereocenters. The Morgan fingerprint density at radius 2 is 2.38 bits per heavy atom. The van der Waals surface area contributed by atoms with Crippen LogP contribution < -0.4 is 5.32 Å². The summed E-state index contributed by atoms with van der Waals surface area (Å²) in [5.41, 5.74) is 0. The van der Waals surface area contributed by atoms with Crippen LogP contribution in [-0.2, 0) is 13.1 Å². The van der Waals surface area contributed by atoms with E-state index < -0.39 is 0 Å². The van der Waals surface area contributed by atoms with Crippen molar-refractivity contribution < 1.29 is 5.11 Å². The number of nitrogens with zero attached hydrogens (tertiary/aromatic N) is 3. The van der Waals surface area contributed by atoms with Crippen LogP contribution in [0, 0.1) is 5.92 Å². The van der Waals surface area contributed by atoms with Crippen LogP contribution in [0.2, 0.25) is 0 Å². The molecule has 1 aromatic rings. The number of aromatic nitrogens is 3. The first-order valence-electron chi connectivity index (χ1n) is 5.96. The molecule has 1 aromatic heterocycles. The van der Waals surface area contributed by atoms with Gasteiger partial charge >= 0.3 is 0 Å². The normalized spacial score (nSPS) is 12.9. The van der Waals surface area contributed by atoms with Gasteiger partial charge in [0.1, 0.15) is 12.2 Å². The Bertz CT molecular complexity index is 287. The molecule has 0 bridgehead atoms. The van der Waals surface area contributed by atoms with Crippen molar-refractivity contribution in [2.75, 3.05) is 13.2 Å². The molecule has 92 valence electrons. The van der Waals surface area contributed by atoms with Crippen LogP contribution in [0.5, 0.6) is 0 Å². The van der Waals surface area contributed by atoms with Crippen molar-refractivity contribution >= 4 is 0 Å². The lowest BCUT2D eigenvalue weighted by Gasteiger charge is -2.08. The lowest BCUT2D eigenvalue weighted by atomic mass is 10.1. The number of rotatable bonds is 8. The summed E-state index contributed by atoms with van der Waals surface area (Å²) in [5.74, 6) is 1.39. The van der Waals surface area contributed by atoms with Gasteiger partial charge in [0.05, 0.1) is 6.54 Å².